The zero-order valence-corrected chi connectivity index (χ0v) is 10.2. The fourth-order valence-corrected chi connectivity index (χ4v) is 3.27. The van der Waals surface area contributed by atoms with E-state index in [9.17, 15) is 0 Å². The molecule has 2 fully saturated rings. The van der Waals surface area contributed by atoms with Crippen LogP contribution in [0.3, 0.4) is 0 Å². The minimum atomic E-state index is 0.722. The van der Waals surface area contributed by atoms with Crippen molar-refractivity contribution in [3.05, 3.63) is 29.3 Å². The van der Waals surface area contributed by atoms with Crippen molar-refractivity contribution in [1.82, 2.24) is 5.32 Å². The van der Waals surface area contributed by atoms with Crippen LogP contribution in [0, 0.1) is 13.8 Å². The molecule has 0 saturated carbocycles. The van der Waals surface area contributed by atoms with Crippen LogP contribution in [0.1, 0.15) is 24.0 Å². The third kappa shape index (κ3) is 1.52. The average Bonchev–Trinajstić information content (AvgIpc) is 2.50. The fraction of sp³-hybridized carbons (Fsp3) is 0.571. The highest BCUT2D eigenvalue weighted by Gasteiger charge is 2.36. The molecule has 1 aromatic rings. The van der Waals surface area contributed by atoms with Gasteiger partial charge in [-0.2, -0.15) is 0 Å². The first-order chi connectivity index (χ1) is 7.75. The van der Waals surface area contributed by atoms with Gasteiger partial charge in [-0.15, -0.1) is 0 Å². The van der Waals surface area contributed by atoms with Gasteiger partial charge in [-0.05, 0) is 38.3 Å². The molecule has 2 nitrogen and oxygen atoms in total. The van der Waals surface area contributed by atoms with Crippen LogP contribution in [0.2, 0.25) is 0 Å². The number of hydrogen-bond donors (Lipinski definition) is 1. The number of rotatable bonds is 1. The Morgan fingerprint density at radius 2 is 1.81 bits per heavy atom. The highest BCUT2D eigenvalue weighted by Crippen LogP contribution is 2.34. The van der Waals surface area contributed by atoms with Gasteiger partial charge in [-0.3, -0.25) is 0 Å². The fourth-order valence-electron chi connectivity index (χ4n) is 3.27. The molecule has 2 atom stereocenters. The minimum absolute atomic E-state index is 0.722. The Morgan fingerprint density at radius 3 is 2.44 bits per heavy atom. The summed E-state index contributed by atoms with van der Waals surface area (Å²) >= 11 is 0. The normalized spacial score (nSPS) is 28.5. The number of fused-ring (bicyclic) bond motifs is 2. The van der Waals surface area contributed by atoms with E-state index in [4.69, 9.17) is 0 Å². The molecule has 0 radical (unpaired) electrons. The third-order valence-corrected chi connectivity index (χ3v) is 4.01. The zero-order chi connectivity index (χ0) is 11.1. The lowest BCUT2D eigenvalue weighted by atomic mass is 10.1. The van der Waals surface area contributed by atoms with Crippen molar-refractivity contribution in [3.63, 3.8) is 0 Å². The van der Waals surface area contributed by atoms with Gasteiger partial charge in [0.25, 0.3) is 0 Å². The molecule has 2 heteroatoms. The minimum Gasteiger partial charge on any atom is -0.363 e. The van der Waals surface area contributed by atoms with Crippen LogP contribution in [0.4, 0.5) is 5.69 Å². The molecular weight excluding hydrogens is 196 g/mol. The number of nitrogens with one attached hydrogen (secondary N) is 1. The largest absolute Gasteiger partial charge is 0.363 e. The Balaban J connectivity index is 1.97. The maximum Gasteiger partial charge on any atom is 0.0419 e. The monoisotopic (exact) mass is 216 g/mol. The highest BCUT2D eigenvalue weighted by molar-refractivity contribution is 5.57. The first-order valence-electron chi connectivity index (χ1n) is 6.32. The smallest absolute Gasteiger partial charge is 0.0419 e. The van der Waals surface area contributed by atoms with E-state index < -0.39 is 0 Å². The maximum absolute atomic E-state index is 3.54. The van der Waals surface area contributed by atoms with Crippen LogP contribution in [-0.2, 0) is 0 Å². The zero-order valence-electron chi connectivity index (χ0n) is 10.2. The van der Waals surface area contributed by atoms with Gasteiger partial charge in [-0.1, -0.05) is 17.7 Å². The molecule has 3 rings (SSSR count). The van der Waals surface area contributed by atoms with E-state index in [0.717, 1.165) is 25.2 Å². The van der Waals surface area contributed by atoms with E-state index in [1.54, 1.807) is 0 Å². The number of nitrogens with zero attached hydrogens (tertiary/aromatic N) is 1. The standard InChI is InChI=1S/C14H20N2/c1-10-3-6-14(11(2)7-10)16-12-4-5-13(16)9-15-8-12/h3,6-7,12-13,15H,4-5,8-9H2,1-2H3. The molecule has 86 valence electrons. The lowest BCUT2D eigenvalue weighted by molar-refractivity contribution is 0.484. The van der Waals surface area contributed by atoms with Gasteiger partial charge in [0.1, 0.15) is 0 Å². The van der Waals surface area contributed by atoms with Gasteiger partial charge >= 0.3 is 0 Å². The SMILES string of the molecule is Cc1ccc(N2C3CCC2CNC3)c(C)c1. The van der Waals surface area contributed by atoms with Crippen molar-refractivity contribution < 1.29 is 0 Å². The van der Waals surface area contributed by atoms with Crippen molar-refractivity contribution in [1.29, 1.82) is 0 Å². The summed E-state index contributed by atoms with van der Waals surface area (Å²) in [6, 6.07) is 8.29. The molecule has 2 saturated heterocycles. The predicted octanol–water partition coefficient (Wildman–Crippen LogP) is 2.24. The highest BCUT2D eigenvalue weighted by atomic mass is 15.3. The van der Waals surface area contributed by atoms with Crippen molar-refractivity contribution in [2.45, 2.75) is 38.8 Å². The molecule has 0 amide bonds. The number of benzene rings is 1. The number of piperazine rings is 1. The second-order valence-corrected chi connectivity index (χ2v) is 5.24. The maximum atomic E-state index is 3.54. The van der Waals surface area contributed by atoms with Gasteiger partial charge in [0.2, 0.25) is 0 Å². The number of anilines is 1. The molecule has 2 heterocycles. The van der Waals surface area contributed by atoms with Crippen molar-refractivity contribution in [3.8, 4) is 0 Å². The molecule has 0 aromatic heterocycles. The Bertz CT molecular complexity index is 384. The Hall–Kier alpha value is -1.02. The van der Waals surface area contributed by atoms with Crippen LogP contribution in [0.15, 0.2) is 18.2 Å². The van der Waals surface area contributed by atoms with Crippen LogP contribution < -0.4 is 10.2 Å². The van der Waals surface area contributed by atoms with E-state index in [1.165, 1.54) is 29.7 Å². The Kier molecular flexibility index (Phi) is 2.40. The first-order valence-corrected chi connectivity index (χ1v) is 6.32. The van der Waals surface area contributed by atoms with Gasteiger partial charge in [0.05, 0.1) is 0 Å². The van der Waals surface area contributed by atoms with E-state index in [2.05, 4.69) is 42.3 Å². The van der Waals surface area contributed by atoms with Crippen LogP contribution in [-0.4, -0.2) is 25.2 Å². The summed E-state index contributed by atoms with van der Waals surface area (Å²) in [7, 11) is 0. The number of aryl methyl sites for hydroxylation is 2. The molecule has 0 aliphatic carbocycles. The molecule has 1 N–H and O–H groups in total. The summed E-state index contributed by atoms with van der Waals surface area (Å²) in [5.41, 5.74) is 4.25. The second-order valence-electron chi connectivity index (χ2n) is 5.24. The summed E-state index contributed by atoms with van der Waals surface area (Å²) in [6.07, 6.45) is 2.70. The number of hydrogen-bond acceptors (Lipinski definition) is 2. The Labute approximate surface area is 97.6 Å². The van der Waals surface area contributed by atoms with E-state index in [0.29, 0.717) is 0 Å². The van der Waals surface area contributed by atoms with Gasteiger partial charge in [-0.25, -0.2) is 0 Å². The summed E-state index contributed by atoms with van der Waals surface area (Å²) in [6.45, 7) is 6.72. The molecule has 16 heavy (non-hydrogen) atoms. The van der Waals surface area contributed by atoms with Crippen molar-refractivity contribution >= 4 is 5.69 Å². The molecule has 1 aromatic carbocycles. The predicted molar refractivity (Wildman–Crippen MR) is 68.1 cm³/mol. The van der Waals surface area contributed by atoms with Gasteiger partial charge < -0.3 is 10.2 Å². The van der Waals surface area contributed by atoms with Gasteiger partial charge in [0, 0.05) is 30.9 Å². The van der Waals surface area contributed by atoms with Crippen LogP contribution in [0.25, 0.3) is 0 Å². The molecule has 0 spiro atoms. The first kappa shape index (κ1) is 10.2. The lowest BCUT2D eigenvalue weighted by Crippen LogP contribution is -2.52. The summed E-state index contributed by atoms with van der Waals surface area (Å²) in [5.74, 6) is 0. The molecule has 2 bridgehead atoms. The second kappa shape index (κ2) is 3.77. The van der Waals surface area contributed by atoms with Crippen molar-refractivity contribution in [2.24, 2.45) is 0 Å². The summed E-state index contributed by atoms with van der Waals surface area (Å²) in [5, 5.41) is 3.54. The summed E-state index contributed by atoms with van der Waals surface area (Å²) < 4.78 is 0. The summed E-state index contributed by atoms with van der Waals surface area (Å²) in [4.78, 5) is 2.66. The topological polar surface area (TPSA) is 15.3 Å². The van der Waals surface area contributed by atoms with E-state index >= 15 is 0 Å². The molecule has 2 aliphatic heterocycles. The van der Waals surface area contributed by atoms with Crippen LogP contribution >= 0.6 is 0 Å². The van der Waals surface area contributed by atoms with E-state index in [-0.39, 0.29) is 0 Å². The molecule has 2 aliphatic rings. The Morgan fingerprint density at radius 1 is 1.12 bits per heavy atom. The van der Waals surface area contributed by atoms with E-state index in [1.807, 2.05) is 0 Å². The molecule has 2 unspecified atom stereocenters. The molecular formula is C14H20N2. The van der Waals surface area contributed by atoms with Crippen molar-refractivity contribution in [2.75, 3.05) is 18.0 Å². The third-order valence-electron chi connectivity index (χ3n) is 4.01. The van der Waals surface area contributed by atoms with Gasteiger partial charge in [0.15, 0.2) is 0 Å². The van der Waals surface area contributed by atoms with Crippen LogP contribution in [0.5, 0.6) is 0 Å². The average molecular weight is 216 g/mol. The quantitative estimate of drug-likeness (QED) is 0.774. The lowest BCUT2D eigenvalue weighted by Gasteiger charge is -2.38.